The molecule has 2 nitrogen and oxygen atoms in total. The van der Waals surface area contributed by atoms with Crippen molar-refractivity contribution in [2.24, 2.45) is 5.92 Å². The Bertz CT molecular complexity index is 440. The molecule has 0 radical (unpaired) electrons. The first-order valence-corrected chi connectivity index (χ1v) is 5.26. The van der Waals surface area contributed by atoms with Gasteiger partial charge >= 0.3 is 5.97 Å². The van der Waals surface area contributed by atoms with E-state index in [0.29, 0.717) is 5.56 Å². The number of benzene rings is 1. The molecule has 0 saturated heterocycles. The van der Waals surface area contributed by atoms with Crippen molar-refractivity contribution in [3.05, 3.63) is 48.0 Å². The maximum Gasteiger partial charge on any atom is 0.313 e. The molecule has 0 aliphatic heterocycles. The van der Waals surface area contributed by atoms with E-state index in [1.54, 1.807) is 30.3 Å². The highest BCUT2D eigenvalue weighted by molar-refractivity contribution is 5.77. The van der Waals surface area contributed by atoms with Crippen LogP contribution in [0.15, 0.2) is 42.5 Å². The van der Waals surface area contributed by atoms with Gasteiger partial charge < -0.3 is 4.74 Å². The Morgan fingerprint density at radius 3 is 2.53 bits per heavy atom. The number of methoxy groups -OCH3 is 1. The molecule has 2 rings (SSSR count). The van der Waals surface area contributed by atoms with Gasteiger partial charge in [-0.25, -0.2) is 8.78 Å². The Kier molecular flexibility index (Phi) is 2.96. The third-order valence-electron chi connectivity index (χ3n) is 2.93. The average molecular weight is 238 g/mol. The van der Waals surface area contributed by atoms with Crippen molar-refractivity contribution < 1.29 is 18.3 Å². The van der Waals surface area contributed by atoms with Crippen molar-refractivity contribution >= 4 is 5.97 Å². The first kappa shape index (κ1) is 11.8. The molecule has 1 aromatic rings. The second kappa shape index (κ2) is 4.28. The van der Waals surface area contributed by atoms with Gasteiger partial charge in [-0.1, -0.05) is 36.4 Å². The lowest BCUT2D eigenvalue weighted by molar-refractivity contribution is -0.146. The van der Waals surface area contributed by atoms with Crippen molar-refractivity contribution in [2.75, 3.05) is 7.11 Å². The van der Waals surface area contributed by atoms with Gasteiger partial charge in [0.1, 0.15) is 0 Å². The number of hydrogen-bond donors (Lipinski definition) is 0. The summed E-state index contributed by atoms with van der Waals surface area (Å²) in [6.07, 6.45) is 2.01. The van der Waals surface area contributed by atoms with Crippen molar-refractivity contribution in [2.45, 2.75) is 11.8 Å². The molecule has 0 saturated carbocycles. The van der Waals surface area contributed by atoms with Crippen LogP contribution in [0.5, 0.6) is 0 Å². The Morgan fingerprint density at radius 1 is 1.29 bits per heavy atom. The lowest BCUT2D eigenvalue weighted by atomic mass is 9.86. The quantitative estimate of drug-likeness (QED) is 0.585. The zero-order valence-electron chi connectivity index (χ0n) is 9.27. The summed E-state index contributed by atoms with van der Waals surface area (Å²) in [5.74, 6) is -5.74. The van der Waals surface area contributed by atoms with Crippen LogP contribution < -0.4 is 0 Å². The normalized spacial score (nSPS) is 25.8. The molecule has 0 bridgehead atoms. The maximum atomic E-state index is 13.7. The van der Waals surface area contributed by atoms with Gasteiger partial charge in [0.2, 0.25) is 0 Å². The van der Waals surface area contributed by atoms with Crippen LogP contribution in [0.25, 0.3) is 0 Å². The molecule has 0 heterocycles. The number of halogens is 2. The van der Waals surface area contributed by atoms with Crippen molar-refractivity contribution in [1.82, 2.24) is 0 Å². The predicted molar refractivity (Wildman–Crippen MR) is 58.8 cm³/mol. The zero-order valence-corrected chi connectivity index (χ0v) is 9.27. The number of carbonyl (C=O) groups excluding carboxylic acids is 1. The molecular weight excluding hydrogens is 226 g/mol. The molecule has 0 spiro atoms. The Morgan fingerprint density at radius 2 is 1.94 bits per heavy atom. The van der Waals surface area contributed by atoms with E-state index in [0.717, 1.165) is 6.08 Å². The summed E-state index contributed by atoms with van der Waals surface area (Å²) in [5, 5.41) is 0. The van der Waals surface area contributed by atoms with Crippen LogP contribution in [0.3, 0.4) is 0 Å². The second-order valence-electron chi connectivity index (χ2n) is 3.97. The molecule has 90 valence electrons. The number of allylic oxidation sites excluding steroid dienone is 1. The first-order chi connectivity index (χ1) is 8.06. The molecule has 2 atom stereocenters. The largest absolute Gasteiger partial charge is 0.469 e. The summed E-state index contributed by atoms with van der Waals surface area (Å²) in [5.41, 5.74) is 0.443. The standard InChI is InChI=1S/C13H12F2O2/c1-17-12(16)10-7-8-13(14,15)11(10)9-5-3-2-4-6-9/h2-8,10-11H,1H3. The summed E-state index contributed by atoms with van der Waals surface area (Å²) >= 11 is 0. The van der Waals surface area contributed by atoms with Gasteiger partial charge in [0.15, 0.2) is 0 Å². The highest BCUT2D eigenvalue weighted by atomic mass is 19.3. The highest BCUT2D eigenvalue weighted by Crippen LogP contribution is 2.46. The number of esters is 1. The van der Waals surface area contributed by atoms with Gasteiger partial charge in [0.25, 0.3) is 5.92 Å². The smallest absolute Gasteiger partial charge is 0.313 e. The fourth-order valence-electron chi connectivity index (χ4n) is 2.13. The molecular formula is C13H12F2O2. The van der Waals surface area contributed by atoms with E-state index in [2.05, 4.69) is 4.74 Å². The number of ether oxygens (including phenoxy) is 1. The topological polar surface area (TPSA) is 26.3 Å². The van der Waals surface area contributed by atoms with E-state index in [9.17, 15) is 13.6 Å². The maximum absolute atomic E-state index is 13.7. The van der Waals surface area contributed by atoms with E-state index in [1.165, 1.54) is 13.2 Å². The van der Waals surface area contributed by atoms with Crippen LogP contribution in [0, 0.1) is 5.92 Å². The fraction of sp³-hybridized carbons (Fsp3) is 0.308. The lowest BCUT2D eigenvalue weighted by Gasteiger charge is -2.23. The van der Waals surface area contributed by atoms with Crippen LogP contribution in [0.2, 0.25) is 0 Å². The summed E-state index contributed by atoms with van der Waals surface area (Å²) in [6, 6.07) is 8.30. The Hall–Kier alpha value is -1.71. The van der Waals surface area contributed by atoms with Crippen LogP contribution >= 0.6 is 0 Å². The van der Waals surface area contributed by atoms with Crippen molar-refractivity contribution in [1.29, 1.82) is 0 Å². The number of rotatable bonds is 2. The minimum absolute atomic E-state index is 0.443. The molecule has 2 unspecified atom stereocenters. The van der Waals surface area contributed by atoms with E-state index in [1.807, 2.05) is 0 Å². The summed E-state index contributed by atoms with van der Waals surface area (Å²) in [4.78, 5) is 11.5. The van der Waals surface area contributed by atoms with Gasteiger partial charge in [0.05, 0.1) is 18.9 Å². The molecule has 1 aliphatic carbocycles. The fourth-order valence-corrected chi connectivity index (χ4v) is 2.13. The van der Waals surface area contributed by atoms with Crippen LogP contribution in [-0.2, 0) is 9.53 Å². The first-order valence-electron chi connectivity index (χ1n) is 5.26. The van der Waals surface area contributed by atoms with E-state index in [-0.39, 0.29) is 0 Å². The number of carbonyl (C=O) groups is 1. The zero-order chi connectivity index (χ0) is 12.5. The van der Waals surface area contributed by atoms with Crippen LogP contribution in [0.1, 0.15) is 11.5 Å². The predicted octanol–water partition coefficient (Wildman–Crippen LogP) is 2.76. The number of alkyl halides is 2. The SMILES string of the molecule is COC(=O)C1C=CC(F)(F)C1c1ccccc1. The van der Waals surface area contributed by atoms with E-state index >= 15 is 0 Å². The van der Waals surface area contributed by atoms with Crippen LogP contribution in [-0.4, -0.2) is 19.0 Å². The second-order valence-corrected chi connectivity index (χ2v) is 3.97. The highest BCUT2D eigenvalue weighted by Gasteiger charge is 2.49. The van der Waals surface area contributed by atoms with E-state index < -0.39 is 23.7 Å². The summed E-state index contributed by atoms with van der Waals surface area (Å²) in [6.45, 7) is 0. The number of hydrogen-bond acceptors (Lipinski definition) is 2. The average Bonchev–Trinajstić information content (AvgIpc) is 2.65. The van der Waals surface area contributed by atoms with Crippen LogP contribution in [0.4, 0.5) is 8.78 Å². The molecule has 4 heteroatoms. The minimum atomic E-state index is -3.01. The van der Waals surface area contributed by atoms with Gasteiger partial charge in [-0.05, 0) is 11.6 Å². The molecule has 0 amide bonds. The van der Waals surface area contributed by atoms with Gasteiger partial charge in [-0.3, -0.25) is 4.79 Å². The van der Waals surface area contributed by atoms with Gasteiger partial charge in [-0.15, -0.1) is 0 Å². The third kappa shape index (κ3) is 2.07. The molecule has 0 aromatic heterocycles. The van der Waals surface area contributed by atoms with Crippen molar-refractivity contribution in [3.63, 3.8) is 0 Å². The Balaban J connectivity index is 2.38. The van der Waals surface area contributed by atoms with Gasteiger partial charge in [-0.2, -0.15) is 0 Å². The minimum Gasteiger partial charge on any atom is -0.469 e. The molecule has 1 aliphatic rings. The van der Waals surface area contributed by atoms with E-state index in [4.69, 9.17) is 0 Å². The monoisotopic (exact) mass is 238 g/mol. The summed E-state index contributed by atoms with van der Waals surface area (Å²) < 4.78 is 32.0. The third-order valence-corrected chi connectivity index (χ3v) is 2.93. The lowest BCUT2D eigenvalue weighted by Crippen LogP contribution is -2.29. The molecule has 0 N–H and O–H groups in total. The molecule has 1 aromatic carbocycles. The van der Waals surface area contributed by atoms with Gasteiger partial charge in [0, 0.05) is 0 Å². The molecule has 17 heavy (non-hydrogen) atoms. The Labute approximate surface area is 97.9 Å². The van der Waals surface area contributed by atoms with Crippen molar-refractivity contribution in [3.8, 4) is 0 Å². The molecule has 0 fully saturated rings. The summed E-state index contributed by atoms with van der Waals surface area (Å²) in [7, 11) is 1.20.